The third-order valence-corrected chi connectivity index (χ3v) is 5.72. The maximum atomic E-state index is 14.1. The van der Waals surface area contributed by atoms with Gasteiger partial charge >= 0.3 is 0 Å². The van der Waals surface area contributed by atoms with Gasteiger partial charge in [-0.2, -0.15) is 0 Å². The second-order valence-electron chi connectivity index (χ2n) is 7.88. The van der Waals surface area contributed by atoms with Gasteiger partial charge in [-0.1, -0.05) is 13.0 Å². The SMILES string of the molecule is COc1c([C@H]2[C@H](C(=O)Nc3cnc(CO)nc3)OC(C)(C)[C@H]2C)ccc(F)c1C(F)F. The fraction of sp³-hybridized carbons (Fsp3) is 0.476. The minimum absolute atomic E-state index is 0.193. The summed E-state index contributed by atoms with van der Waals surface area (Å²) in [5, 5.41) is 11.7. The number of anilines is 1. The first kappa shape index (κ1) is 23.0. The van der Waals surface area contributed by atoms with Crippen molar-refractivity contribution in [2.24, 2.45) is 5.92 Å². The van der Waals surface area contributed by atoms with Gasteiger partial charge in [0.2, 0.25) is 0 Å². The number of rotatable bonds is 6. The van der Waals surface area contributed by atoms with Gasteiger partial charge in [0.25, 0.3) is 12.3 Å². The maximum absolute atomic E-state index is 14.1. The number of carbonyl (C=O) groups excluding carboxylic acids is 1. The van der Waals surface area contributed by atoms with E-state index in [1.54, 1.807) is 13.8 Å². The summed E-state index contributed by atoms with van der Waals surface area (Å²) < 4.78 is 52.4. The first-order chi connectivity index (χ1) is 14.6. The van der Waals surface area contributed by atoms with Crippen molar-refractivity contribution in [1.29, 1.82) is 0 Å². The number of methoxy groups -OCH3 is 1. The third kappa shape index (κ3) is 4.35. The number of carbonyl (C=O) groups is 1. The summed E-state index contributed by atoms with van der Waals surface area (Å²) in [5.41, 5.74) is -1.07. The van der Waals surface area contributed by atoms with Gasteiger partial charge < -0.3 is 19.9 Å². The first-order valence-corrected chi connectivity index (χ1v) is 9.65. The van der Waals surface area contributed by atoms with E-state index in [1.165, 1.54) is 25.6 Å². The molecule has 1 aromatic heterocycles. The van der Waals surface area contributed by atoms with Crippen LogP contribution in [0, 0.1) is 11.7 Å². The molecule has 0 saturated carbocycles. The molecular weight excluding hydrogens is 415 g/mol. The summed E-state index contributed by atoms with van der Waals surface area (Å²) in [6.07, 6.45) is -1.48. The van der Waals surface area contributed by atoms with Crippen molar-refractivity contribution in [3.63, 3.8) is 0 Å². The van der Waals surface area contributed by atoms with Gasteiger partial charge in [-0.15, -0.1) is 0 Å². The number of nitrogens with one attached hydrogen (secondary N) is 1. The van der Waals surface area contributed by atoms with E-state index in [1.807, 2.05) is 6.92 Å². The van der Waals surface area contributed by atoms with Crippen molar-refractivity contribution in [2.75, 3.05) is 12.4 Å². The minimum atomic E-state index is -3.09. The number of halogens is 3. The molecule has 0 unspecified atom stereocenters. The monoisotopic (exact) mass is 439 g/mol. The molecule has 3 atom stereocenters. The minimum Gasteiger partial charge on any atom is -0.496 e. The molecule has 0 bridgehead atoms. The number of nitrogens with zero attached hydrogens (tertiary/aromatic N) is 2. The normalized spacial score (nSPS) is 22.5. The quantitative estimate of drug-likeness (QED) is 0.715. The molecule has 1 aromatic carbocycles. The molecule has 0 radical (unpaired) electrons. The van der Waals surface area contributed by atoms with E-state index in [2.05, 4.69) is 15.3 Å². The number of hydrogen-bond acceptors (Lipinski definition) is 6. The Labute approximate surface area is 177 Å². The van der Waals surface area contributed by atoms with Crippen LogP contribution in [-0.2, 0) is 16.1 Å². The standard InChI is InChI=1S/C21H24F3N3O4/c1-10-15(12-5-6-13(22)16(19(23)24)17(12)30-4)18(31-21(10,2)3)20(29)27-11-7-25-14(9-28)26-8-11/h5-8,10,15,18-19,28H,9H2,1-4H3,(H,27,29)/t10-,15-,18+/m0/s1. The Kier molecular flexibility index (Phi) is 6.51. The number of alkyl halides is 2. The molecule has 0 aliphatic carbocycles. The Morgan fingerprint density at radius 2 is 1.97 bits per heavy atom. The highest BCUT2D eigenvalue weighted by molar-refractivity contribution is 5.95. The zero-order valence-corrected chi connectivity index (χ0v) is 17.5. The van der Waals surface area contributed by atoms with Crippen LogP contribution in [0.2, 0.25) is 0 Å². The second-order valence-corrected chi connectivity index (χ2v) is 7.88. The second kappa shape index (κ2) is 8.80. The van der Waals surface area contributed by atoms with E-state index >= 15 is 0 Å². The molecule has 3 rings (SSSR count). The van der Waals surface area contributed by atoms with Crippen LogP contribution in [0.5, 0.6) is 5.75 Å². The van der Waals surface area contributed by atoms with Crippen LogP contribution in [0.3, 0.4) is 0 Å². The largest absolute Gasteiger partial charge is 0.496 e. The molecule has 2 N–H and O–H groups in total. The number of aromatic nitrogens is 2. The van der Waals surface area contributed by atoms with Crippen LogP contribution in [0.4, 0.5) is 18.9 Å². The molecule has 7 nitrogen and oxygen atoms in total. The molecule has 0 spiro atoms. The maximum Gasteiger partial charge on any atom is 0.270 e. The molecule has 1 aliphatic heterocycles. The smallest absolute Gasteiger partial charge is 0.270 e. The van der Waals surface area contributed by atoms with Crippen molar-refractivity contribution < 1.29 is 32.5 Å². The topological polar surface area (TPSA) is 93.6 Å². The number of benzene rings is 1. The lowest BCUT2D eigenvalue weighted by Crippen LogP contribution is -2.33. The summed E-state index contributed by atoms with van der Waals surface area (Å²) in [5.74, 6) is -2.68. The summed E-state index contributed by atoms with van der Waals surface area (Å²) >= 11 is 0. The van der Waals surface area contributed by atoms with Gasteiger partial charge in [-0.3, -0.25) is 4.79 Å². The summed E-state index contributed by atoms with van der Waals surface area (Å²) in [7, 11) is 1.19. The van der Waals surface area contributed by atoms with Crippen LogP contribution in [0.25, 0.3) is 0 Å². The van der Waals surface area contributed by atoms with Crippen LogP contribution in [0.1, 0.15) is 50.1 Å². The molecule has 1 amide bonds. The van der Waals surface area contributed by atoms with Gasteiger partial charge in [-0.05, 0) is 25.8 Å². The highest BCUT2D eigenvalue weighted by Gasteiger charge is 2.51. The summed E-state index contributed by atoms with van der Waals surface area (Å²) in [6, 6.07) is 2.30. The zero-order valence-electron chi connectivity index (χ0n) is 17.5. The van der Waals surface area contributed by atoms with Crippen molar-refractivity contribution in [1.82, 2.24) is 9.97 Å². The van der Waals surface area contributed by atoms with Crippen LogP contribution in [0.15, 0.2) is 24.5 Å². The summed E-state index contributed by atoms with van der Waals surface area (Å²) in [6.45, 7) is 5.08. The Bertz CT molecular complexity index is 954. The van der Waals surface area contributed by atoms with Gasteiger partial charge in [0.15, 0.2) is 5.82 Å². The van der Waals surface area contributed by atoms with E-state index < -0.39 is 41.3 Å². The molecule has 31 heavy (non-hydrogen) atoms. The lowest BCUT2D eigenvalue weighted by molar-refractivity contribution is -0.131. The van der Waals surface area contributed by atoms with Crippen molar-refractivity contribution in [2.45, 2.75) is 51.4 Å². The number of aliphatic hydroxyl groups is 1. The van der Waals surface area contributed by atoms with Gasteiger partial charge in [0.05, 0.1) is 36.4 Å². The average molecular weight is 439 g/mol. The number of aliphatic hydroxyl groups excluding tert-OH is 1. The average Bonchev–Trinajstić information content (AvgIpc) is 2.97. The van der Waals surface area contributed by atoms with Gasteiger partial charge in [-0.25, -0.2) is 23.1 Å². The number of hydrogen-bond donors (Lipinski definition) is 2. The molecule has 1 saturated heterocycles. The number of ether oxygens (including phenoxy) is 2. The Balaban J connectivity index is 2.00. The highest BCUT2D eigenvalue weighted by atomic mass is 19.3. The molecular formula is C21H24F3N3O4. The molecule has 10 heteroatoms. The zero-order chi connectivity index (χ0) is 22.9. The lowest BCUT2D eigenvalue weighted by atomic mass is 9.77. The Morgan fingerprint density at radius 1 is 1.32 bits per heavy atom. The molecule has 2 aromatic rings. The highest BCUT2D eigenvalue weighted by Crippen LogP contribution is 2.50. The third-order valence-electron chi connectivity index (χ3n) is 5.72. The van der Waals surface area contributed by atoms with E-state index in [0.717, 1.165) is 6.07 Å². The number of amides is 1. The summed E-state index contributed by atoms with van der Waals surface area (Å²) in [4.78, 5) is 20.9. The fourth-order valence-corrected chi connectivity index (χ4v) is 3.85. The Morgan fingerprint density at radius 3 is 2.52 bits per heavy atom. The fourth-order valence-electron chi connectivity index (χ4n) is 3.85. The van der Waals surface area contributed by atoms with E-state index in [9.17, 15) is 18.0 Å². The van der Waals surface area contributed by atoms with Crippen LogP contribution in [-0.4, -0.2) is 39.8 Å². The predicted octanol–water partition coefficient (Wildman–Crippen LogP) is 3.59. The van der Waals surface area contributed by atoms with Crippen molar-refractivity contribution in [3.05, 3.63) is 47.3 Å². The predicted molar refractivity (Wildman–Crippen MR) is 105 cm³/mol. The van der Waals surface area contributed by atoms with Crippen molar-refractivity contribution >= 4 is 11.6 Å². The van der Waals surface area contributed by atoms with Gasteiger partial charge in [0, 0.05) is 11.5 Å². The van der Waals surface area contributed by atoms with E-state index in [0.29, 0.717) is 0 Å². The molecule has 168 valence electrons. The molecule has 1 aliphatic rings. The van der Waals surface area contributed by atoms with E-state index in [-0.39, 0.29) is 35.3 Å². The van der Waals surface area contributed by atoms with Gasteiger partial charge in [0.1, 0.15) is 24.3 Å². The lowest BCUT2D eigenvalue weighted by Gasteiger charge is -2.26. The first-order valence-electron chi connectivity index (χ1n) is 9.65. The van der Waals surface area contributed by atoms with E-state index in [4.69, 9.17) is 14.6 Å². The molecule has 1 fully saturated rings. The molecule has 2 heterocycles. The van der Waals surface area contributed by atoms with Crippen LogP contribution >= 0.6 is 0 Å². The van der Waals surface area contributed by atoms with Crippen molar-refractivity contribution in [3.8, 4) is 5.75 Å². The van der Waals surface area contributed by atoms with Crippen LogP contribution < -0.4 is 10.1 Å². The Hall–Kier alpha value is -2.72.